The van der Waals surface area contributed by atoms with Gasteiger partial charge in [0.1, 0.15) is 5.82 Å². The van der Waals surface area contributed by atoms with Crippen molar-refractivity contribution in [1.29, 1.82) is 0 Å². The van der Waals surface area contributed by atoms with E-state index in [2.05, 4.69) is 23.3 Å². The fraction of sp³-hybridized carbons (Fsp3) is 0.353. The fourth-order valence-electron chi connectivity index (χ4n) is 2.92. The minimum atomic E-state index is -0.189. The normalized spacial score (nSPS) is 19.4. The minimum Gasteiger partial charge on any atom is -0.302 e. The average molecular weight is 270 g/mol. The summed E-state index contributed by atoms with van der Waals surface area (Å²) < 4.78 is 13.0. The minimum absolute atomic E-state index is 0.188. The molecular weight excluding hydrogens is 251 g/mol. The molecule has 104 valence electrons. The smallest absolute Gasteiger partial charge is 0.123 e. The molecule has 0 fully saturated rings. The maximum absolute atomic E-state index is 13.0. The molecule has 2 unspecified atom stereocenters. The Balaban J connectivity index is 1.77. The van der Waals surface area contributed by atoms with Crippen LogP contribution >= 0.6 is 0 Å². The van der Waals surface area contributed by atoms with Crippen molar-refractivity contribution in [1.82, 2.24) is 10.3 Å². The third kappa shape index (κ3) is 2.73. The van der Waals surface area contributed by atoms with Gasteiger partial charge in [0.05, 0.1) is 11.7 Å². The lowest BCUT2D eigenvalue weighted by molar-refractivity contribution is 0.406. The van der Waals surface area contributed by atoms with E-state index in [4.69, 9.17) is 0 Å². The van der Waals surface area contributed by atoms with Crippen LogP contribution in [0.5, 0.6) is 0 Å². The summed E-state index contributed by atoms with van der Waals surface area (Å²) >= 11 is 0. The zero-order valence-electron chi connectivity index (χ0n) is 11.6. The molecule has 20 heavy (non-hydrogen) atoms. The molecular formula is C17H19FN2. The molecule has 1 heterocycles. The Bertz CT molecular complexity index is 580. The highest BCUT2D eigenvalue weighted by molar-refractivity contribution is 5.26. The SMILES string of the molecule is CC(NC1CCCc2cccnc21)c1ccc(F)cc1. The molecule has 3 heteroatoms. The number of halogens is 1. The van der Waals surface area contributed by atoms with Gasteiger partial charge in [-0.2, -0.15) is 0 Å². The molecule has 1 aliphatic rings. The molecule has 0 bridgehead atoms. The number of nitrogens with zero attached hydrogens (tertiary/aromatic N) is 1. The number of aromatic nitrogens is 1. The predicted molar refractivity (Wildman–Crippen MR) is 77.9 cm³/mol. The molecule has 0 saturated carbocycles. The van der Waals surface area contributed by atoms with Crippen molar-refractivity contribution < 1.29 is 4.39 Å². The average Bonchev–Trinajstić information content (AvgIpc) is 2.48. The molecule has 2 atom stereocenters. The molecule has 0 radical (unpaired) electrons. The van der Waals surface area contributed by atoms with Crippen molar-refractivity contribution >= 4 is 0 Å². The van der Waals surface area contributed by atoms with Crippen LogP contribution in [-0.2, 0) is 6.42 Å². The summed E-state index contributed by atoms with van der Waals surface area (Å²) in [6.07, 6.45) is 5.27. The maximum Gasteiger partial charge on any atom is 0.123 e. The first-order valence-corrected chi connectivity index (χ1v) is 7.19. The van der Waals surface area contributed by atoms with Gasteiger partial charge in [0, 0.05) is 12.2 Å². The summed E-state index contributed by atoms with van der Waals surface area (Å²) in [5.74, 6) is -0.189. The highest BCUT2D eigenvalue weighted by Crippen LogP contribution is 2.30. The van der Waals surface area contributed by atoms with Gasteiger partial charge in [-0.15, -0.1) is 0 Å². The van der Waals surface area contributed by atoms with Crippen LogP contribution in [0.15, 0.2) is 42.6 Å². The highest BCUT2D eigenvalue weighted by Gasteiger charge is 2.22. The number of fused-ring (bicyclic) bond motifs is 1. The number of hydrogen-bond donors (Lipinski definition) is 1. The number of rotatable bonds is 3. The molecule has 1 N–H and O–H groups in total. The molecule has 3 rings (SSSR count). The summed E-state index contributed by atoms with van der Waals surface area (Å²) in [6.45, 7) is 2.12. The first kappa shape index (κ1) is 13.3. The van der Waals surface area contributed by atoms with Crippen LogP contribution in [0.2, 0.25) is 0 Å². The fourth-order valence-corrected chi connectivity index (χ4v) is 2.92. The highest BCUT2D eigenvalue weighted by atomic mass is 19.1. The van der Waals surface area contributed by atoms with E-state index in [0.29, 0.717) is 6.04 Å². The Kier molecular flexibility index (Phi) is 3.79. The summed E-state index contributed by atoms with van der Waals surface area (Å²) in [5, 5.41) is 3.63. The van der Waals surface area contributed by atoms with Crippen LogP contribution in [0.3, 0.4) is 0 Å². The van der Waals surface area contributed by atoms with Crippen molar-refractivity contribution in [3.63, 3.8) is 0 Å². The monoisotopic (exact) mass is 270 g/mol. The predicted octanol–water partition coefficient (Wildman–Crippen LogP) is 3.95. The molecule has 2 nitrogen and oxygen atoms in total. The molecule has 0 spiro atoms. The quantitative estimate of drug-likeness (QED) is 0.913. The Labute approximate surface area is 119 Å². The molecule has 2 aromatic rings. The zero-order valence-corrected chi connectivity index (χ0v) is 11.6. The molecule has 0 saturated heterocycles. The van der Waals surface area contributed by atoms with Gasteiger partial charge in [-0.1, -0.05) is 18.2 Å². The topological polar surface area (TPSA) is 24.9 Å². The van der Waals surface area contributed by atoms with Gasteiger partial charge in [-0.05, 0) is 55.5 Å². The van der Waals surface area contributed by atoms with E-state index in [1.807, 2.05) is 24.4 Å². The largest absolute Gasteiger partial charge is 0.302 e. The number of hydrogen-bond acceptors (Lipinski definition) is 2. The van der Waals surface area contributed by atoms with Gasteiger partial charge < -0.3 is 5.32 Å². The second kappa shape index (κ2) is 5.71. The lowest BCUT2D eigenvalue weighted by Gasteiger charge is -2.28. The number of nitrogens with one attached hydrogen (secondary N) is 1. The summed E-state index contributed by atoms with van der Waals surface area (Å²) in [4.78, 5) is 4.54. The van der Waals surface area contributed by atoms with Crippen molar-refractivity contribution in [3.8, 4) is 0 Å². The Morgan fingerprint density at radius 1 is 1.25 bits per heavy atom. The Morgan fingerprint density at radius 3 is 2.85 bits per heavy atom. The molecule has 0 aliphatic heterocycles. The van der Waals surface area contributed by atoms with Crippen LogP contribution in [0.4, 0.5) is 4.39 Å². The van der Waals surface area contributed by atoms with Crippen LogP contribution in [0.25, 0.3) is 0 Å². The lowest BCUT2D eigenvalue weighted by Crippen LogP contribution is -2.28. The van der Waals surface area contributed by atoms with Crippen LogP contribution in [-0.4, -0.2) is 4.98 Å². The van der Waals surface area contributed by atoms with Gasteiger partial charge in [-0.3, -0.25) is 4.98 Å². The van der Waals surface area contributed by atoms with Gasteiger partial charge in [0.2, 0.25) is 0 Å². The first-order valence-electron chi connectivity index (χ1n) is 7.19. The zero-order chi connectivity index (χ0) is 13.9. The van der Waals surface area contributed by atoms with Crippen molar-refractivity contribution in [2.24, 2.45) is 0 Å². The van der Waals surface area contributed by atoms with E-state index in [-0.39, 0.29) is 11.9 Å². The van der Waals surface area contributed by atoms with Gasteiger partial charge in [0.25, 0.3) is 0 Å². The summed E-state index contributed by atoms with van der Waals surface area (Å²) in [6, 6.07) is 11.4. The second-order valence-electron chi connectivity index (χ2n) is 5.43. The van der Waals surface area contributed by atoms with Crippen molar-refractivity contribution in [3.05, 3.63) is 65.2 Å². The number of benzene rings is 1. The third-order valence-corrected chi connectivity index (χ3v) is 4.02. The van der Waals surface area contributed by atoms with E-state index < -0.39 is 0 Å². The van der Waals surface area contributed by atoms with Crippen molar-refractivity contribution in [2.45, 2.75) is 38.3 Å². The van der Waals surface area contributed by atoms with Crippen molar-refractivity contribution in [2.75, 3.05) is 0 Å². The van der Waals surface area contributed by atoms with Gasteiger partial charge in [0.15, 0.2) is 0 Å². The Morgan fingerprint density at radius 2 is 2.05 bits per heavy atom. The molecule has 0 amide bonds. The summed E-state index contributed by atoms with van der Waals surface area (Å²) in [7, 11) is 0. The first-order chi connectivity index (χ1) is 9.74. The van der Waals surface area contributed by atoms with E-state index in [0.717, 1.165) is 18.4 Å². The van der Waals surface area contributed by atoms with Gasteiger partial charge in [-0.25, -0.2) is 4.39 Å². The maximum atomic E-state index is 13.0. The standard InChI is InChI=1S/C17H19FN2/c1-12(13-7-9-15(18)10-8-13)20-16-6-2-4-14-5-3-11-19-17(14)16/h3,5,7-12,16,20H,2,4,6H2,1H3. The number of aryl methyl sites for hydroxylation is 1. The summed E-state index contributed by atoms with van der Waals surface area (Å²) in [5.41, 5.74) is 3.63. The van der Waals surface area contributed by atoms with Crippen LogP contribution < -0.4 is 5.32 Å². The second-order valence-corrected chi connectivity index (χ2v) is 5.43. The number of pyridine rings is 1. The van der Waals surface area contributed by atoms with E-state index >= 15 is 0 Å². The van der Waals surface area contributed by atoms with E-state index in [1.165, 1.54) is 29.8 Å². The van der Waals surface area contributed by atoms with Gasteiger partial charge >= 0.3 is 0 Å². The Hall–Kier alpha value is -1.74. The lowest BCUT2D eigenvalue weighted by atomic mass is 9.91. The third-order valence-electron chi connectivity index (χ3n) is 4.02. The van der Waals surface area contributed by atoms with E-state index in [9.17, 15) is 4.39 Å². The van der Waals surface area contributed by atoms with E-state index in [1.54, 1.807) is 0 Å². The molecule has 1 aliphatic carbocycles. The molecule has 1 aromatic heterocycles. The van der Waals surface area contributed by atoms with Crippen LogP contribution in [0, 0.1) is 5.82 Å². The van der Waals surface area contributed by atoms with Crippen LogP contribution in [0.1, 0.15) is 48.7 Å². The molecule has 1 aromatic carbocycles.